The summed E-state index contributed by atoms with van der Waals surface area (Å²) in [5, 5.41) is 7.36. The highest BCUT2D eigenvalue weighted by Crippen LogP contribution is 2.18. The van der Waals surface area contributed by atoms with Crippen LogP contribution in [0.5, 0.6) is 0 Å². The van der Waals surface area contributed by atoms with Crippen molar-refractivity contribution in [2.75, 3.05) is 19.3 Å². The number of rotatable bonds is 8. The molecule has 0 spiro atoms. The van der Waals surface area contributed by atoms with E-state index in [4.69, 9.17) is 0 Å². The van der Waals surface area contributed by atoms with E-state index in [1.807, 2.05) is 13.2 Å². The zero-order valence-electron chi connectivity index (χ0n) is 11.5. The molecular formula is C12H22N4O2S. The van der Waals surface area contributed by atoms with Crippen molar-refractivity contribution in [2.45, 2.75) is 31.8 Å². The lowest BCUT2D eigenvalue weighted by molar-refractivity contribution is 0.464. The Labute approximate surface area is 114 Å². The average molecular weight is 286 g/mol. The number of nitrogens with one attached hydrogen (secondary N) is 1. The van der Waals surface area contributed by atoms with E-state index in [1.165, 1.54) is 17.1 Å². The van der Waals surface area contributed by atoms with Crippen LogP contribution in [0, 0.1) is 0 Å². The molecule has 6 nitrogen and oxygen atoms in total. The van der Waals surface area contributed by atoms with Gasteiger partial charge in [0.25, 0.3) is 0 Å². The molecule has 1 saturated carbocycles. The van der Waals surface area contributed by atoms with Gasteiger partial charge in [-0.05, 0) is 25.8 Å². The predicted octanol–water partition coefficient (Wildman–Crippen LogP) is 0.324. The molecule has 0 aromatic carbocycles. The van der Waals surface area contributed by atoms with E-state index >= 15 is 0 Å². The molecule has 1 heterocycles. The van der Waals surface area contributed by atoms with Crippen LogP contribution >= 0.6 is 0 Å². The molecule has 0 amide bonds. The van der Waals surface area contributed by atoms with Crippen molar-refractivity contribution >= 4 is 10.0 Å². The molecule has 0 atom stereocenters. The van der Waals surface area contributed by atoms with Gasteiger partial charge in [0.15, 0.2) is 0 Å². The maximum atomic E-state index is 12.1. The zero-order chi connectivity index (χ0) is 13.9. The Hall–Kier alpha value is -0.920. The number of hydrogen-bond acceptors (Lipinski definition) is 4. The molecule has 0 aliphatic heterocycles. The first kappa shape index (κ1) is 14.5. The molecule has 1 N–H and O–H groups in total. The van der Waals surface area contributed by atoms with Crippen molar-refractivity contribution in [2.24, 2.45) is 7.05 Å². The number of sulfonamides is 1. The number of aryl methyl sites for hydroxylation is 1. The molecule has 1 aliphatic rings. The Balaban J connectivity index is 1.76. The maximum absolute atomic E-state index is 12.1. The lowest BCUT2D eigenvalue weighted by atomic mass is 10.4. The van der Waals surface area contributed by atoms with E-state index in [1.54, 1.807) is 17.9 Å². The summed E-state index contributed by atoms with van der Waals surface area (Å²) < 4.78 is 27.2. The highest BCUT2D eigenvalue weighted by molar-refractivity contribution is 7.89. The van der Waals surface area contributed by atoms with Crippen LogP contribution in [0.4, 0.5) is 0 Å². The molecule has 0 unspecified atom stereocenters. The Bertz CT molecular complexity index is 508. The molecule has 1 fully saturated rings. The van der Waals surface area contributed by atoms with Gasteiger partial charge >= 0.3 is 0 Å². The van der Waals surface area contributed by atoms with Crippen molar-refractivity contribution in [1.29, 1.82) is 0 Å². The molecule has 1 aromatic rings. The topological polar surface area (TPSA) is 67.2 Å². The van der Waals surface area contributed by atoms with Gasteiger partial charge in [0.1, 0.15) is 0 Å². The first-order valence-electron chi connectivity index (χ1n) is 6.62. The molecule has 2 rings (SSSR count). The van der Waals surface area contributed by atoms with E-state index in [0.29, 0.717) is 19.0 Å². The first-order valence-corrected chi connectivity index (χ1v) is 8.23. The molecular weight excluding hydrogens is 264 g/mol. The highest BCUT2D eigenvalue weighted by atomic mass is 32.2. The van der Waals surface area contributed by atoms with Crippen LogP contribution in [0.1, 0.15) is 24.8 Å². The van der Waals surface area contributed by atoms with Gasteiger partial charge in [-0.3, -0.25) is 4.68 Å². The number of hydrogen-bond donors (Lipinski definition) is 1. The lowest BCUT2D eigenvalue weighted by Crippen LogP contribution is -2.30. The van der Waals surface area contributed by atoms with Crippen LogP contribution in [-0.2, 0) is 23.6 Å². The minimum absolute atomic E-state index is 0.198. The third kappa shape index (κ3) is 4.59. The van der Waals surface area contributed by atoms with Gasteiger partial charge < -0.3 is 5.32 Å². The van der Waals surface area contributed by atoms with Crippen LogP contribution in [0.3, 0.4) is 0 Å². The van der Waals surface area contributed by atoms with Crippen LogP contribution in [0.25, 0.3) is 0 Å². The Morgan fingerprint density at radius 3 is 2.84 bits per heavy atom. The molecule has 1 aromatic heterocycles. The van der Waals surface area contributed by atoms with E-state index in [2.05, 4.69) is 10.4 Å². The second kappa shape index (κ2) is 6.02. The smallest absolute Gasteiger partial charge is 0.214 e. The van der Waals surface area contributed by atoms with Gasteiger partial charge in [-0.2, -0.15) is 5.10 Å². The van der Waals surface area contributed by atoms with Crippen LogP contribution in [0.15, 0.2) is 12.4 Å². The lowest BCUT2D eigenvalue weighted by Gasteiger charge is -2.16. The second-order valence-electron chi connectivity index (χ2n) is 5.18. The fraction of sp³-hybridized carbons (Fsp3) is 0.750. The Kier molecular flexibility index (Phi) is 4.59. The predicted molar refractivity (Wildman–Crippen MR) is 74.1 cm³/mol. The molecule has 7 heteroatoms. The van der Waals surface area contributed by atoms with Crippen LogP contribution in [0.2, 0.25) is 0 Å². The van der Waals surface area contributed by atoms with Gasteiger partial charge in [0, 0.05) is 38.4 Å². The van der Waals surface area contributed by atoms with E-state index < -0.39 is 10.0 Å². The van der Waals surface area contributed by atoms with Gasteiger partial charge in [0.2, 0.25) is 10.0 Å². The van der Waals surface area contributed by atoms with E-state index in [0.717, 1.165) is 12.1 Å². The SMILES string of the molecule is CN(Cc1cnn(C)c1)S(=O)(=O)CCCNC1CC1. The molecule has 19 heavy (non-hydrogen) atoms. The second-order valence-corrected chi connectivity index (χ2v) is 7.37. The monoisotopic (exact) mass is 286 g/mol. The highest BCUT2D eigenvalue weighted by Gasteiger charge is 2.21. The minimum atomic E-state index is -3.17. The van der Waals surface area contributed by atoms with Crippen molar-refractivity contribution in [3.63, 3.8) is 0 Å². The van der Waals surface area contributed by atoms with Crippen LogP contribution in [-0.4, -0.2) is 47.9 Å². The summed E-state index contributed by atoms with van der Waals surface area (Å²) in [7, 11) is 0.272. The van der Waals surface area contributed by atoms with Gasteiger partial charge in [-0.25, -0.2) is 12.7 Å². The normalized spacial score (nSPS) is 16.2. The van der Waals surface area contributed by atoms with E-state index in [9.17, 15) is 8.42 Å². The molecule has 108 valence electrons. The first-order chi connectivity index (χ1) is 8.97. The van der Waals surface area contributed by atoms with Gasteiger partial charge in [0.05, 0.1) is 11.9 Å². The summed E-state index contributed by atoms with van der Waals surface area (Å²) in [5.74, 6) is 0.198. The van der Waals surface area contributed by atoms with Crippen molar-refractivity contribution < 1.29 is 8.42 Å². The third-order valence-electron chi connectivity index (χ3n) is 3.23. The number of nitrogens with zero attached hydrogens (tertiary/aromatic N) is 3. The van der Waals surface area contributed by atoms with Gasteiger partial charge in [-0.1, -0.05) is 0 Å². The third-order valence-corrected chi connectivity index (χ3v) is 5.11. The molecule has 0 bridgehead atoms. The fourth-order valence-corrected chi connectivity index (χ4v) is 3.08. The average Bonchev–Trinajstić information content (AvgIpc) is 3.08. The summed E-state index contributed by atoms with van der Waals surface area (Å²) >= 11 is 0. The summed E-state index contributed by atoms with van der Waals surface area (Å²) in [6.07, 6.45) is 6.65. The quantitative estimate of drug-likeness (QED) is 0.699. The Morgan fingerprint density at radius 2 is 2.26 bits per heavy atom. The fourth-order valence-electron chi connectivity index (χ4n) is 1.91. The largest absolute Gasteiger partial charge is 0.314 e. The summed E-state index contributed by atoms with van der Waals surface area (Å²) in [5.41, 5.74) is 0.907. The molecule has 0 radical (unpaired) electrons. The van der Waals surface area contributed by atoms with Gasteiger partial charge in [-0.15, -0.1) is 0 Å². The standard InChI is InChI=1S/C12H22N4O2S/c1-15-9-11(8-14-15)10-16(2)19(17,18)7-3-6-13-12-4-5-12/h8-9,12-13H,3-7,10H2,1-2H3. The number of aromatic nitrogens is 2. The van der Waals surface area contributed by atoms with Crippen molar-refractivity contribution in [3.8, 4) is 0 Å². The van der Waals surface area contributed by atoms with Crippen molar-refractivity contribution in [3.05, 3.63) is 18.0 Å². The van der Waals surface area contributed by atoms with Crippen molar-refractivity contribution in [1.82, 2.24) is 19.4 Å². The summed E-state index contributed by atoms with van der Waals surface area (Å²) in [6.45, 7) is 1.16. The summed E-state index contributed by atoms with van der Waals surface area (Å²) in [4.78, 5) is 0. The minimum Gasteiger partial charge on any atom is -0.314 e. The zero-order valence-corrected chi connectivity index (χ0v) is 12.4. The maximum Gasteiger partial charge on any atom is 0.214 e. The van der Waals surface area contributed by atoms with Crippen LogP contribution < -0.4 is 5.32 Å². The summed E-state index contributed by atoms with van der Waals surface area (Å²) in [6, 6.07) is 0.635. The van der Waals surface area contributed by atoms with E-state index in [-0.39, 0.29) is 5.75 Å². The molecule has 1 aliphatic carbocycles. The Morgan fingerprint density at radius 1 is 1.53 bits per heavy atom. The molecule has 0 saturated heterocycles.